The maximum atomic E-state index is 7.30. The largest absolute Gasteiger partial charge is 0.281 e. The maximum Gasteiger partial charge on any atom is 0.174 e. The Morgan fingerprint density at radius 1 is 1.30 bits per heavy atom. The van der Waals surface area contributed by atoms with E-state index in [1.807, 2.05) is 24.3 Å². The third-order valence-electron chi connectivity index (χ3n) is 1.47. The fraction of sp³-hybridized carbons (Fsp3) is 0. The third-order valence-corrected chi connectivity index (χ3v) is 1.47. The molecule has 3 heteroatoms. The SMILES string of the molecule is [NH]c1n[nH]c2ccccc12. The van der Waals surface area contributed by atoms with Crippen LogP contribution >= 0.6 is 0 Å². The van der Waals surface area contributed by atoms with E-state index >= 15 is 0 Å². The van der Waals surface area contributed by atoms with E-state index in [0.29, 0.717) is 5.82 Å². The monoisotopic (exact) mass is 132 g/mol. The minimum absolute atomic E-state index is 0.315. The number of nitrogens with one attached hydrogen (secondary N) is 2. The Balaban J connectivity index is 2.93. The van der Waals surface area contributed by atoms with Crippen molar-refractivity contribution in [1.29, 1.82) is 0 Å². The molecule has 1 aromatic heterocycles. The van der Waals surface area contributed by atoms with Gasteiger partial charge < -0.3 is 0 Å². The number of H-pyrrole nitrogens is 1. The first-order valence-electron chi connectivity index (χ1n) is 3.02. The molecule has 2 N–H and O–H groups in total. The van der Waals surface area contributed by atoms with Gasteiger partial charge in [0.15, 0.2) is 5.82 Å². The van der Waals surface area contributed by atoms with Gasteiger partial charge in [0, 0.05) is 5.39 Å². The molecule has 0 saturated carbocycles. The molecule has 2 rings (SSSR count). The highest BCUT2D eigenvalue weighted by molar-refractivity contribution is 5.87. The quantitative estimate of drug-likeness (QED) is 0.579. The molecule has 0 spiro atoms. The molecule has 0 atom stereocenters. The predicted molar refractivity (Wildman–Crippen MR) is 38.9 cm³/mol. The fourth-order valence-electron chi connectivity index (χ4n) is 0.963. The maximum absolute atomic E-state index is 7.30. The van der Waals surface area contributed by atoms with Crippen LogP contribution in [0.5, 0.6) is 0 Å². The number of para-hydroxylation sites is 1. The summed E-state index contributed by atoms with van der Waals surface area (Å²) in [7, 11) is 0. The van der Waals surface area contributed by atoms with Crippen molar-refractivity contribution in [1.82, 2.24) is 15.9 Å². The van der Waals surface area contributed by atoms with Gasteiger partial charge in [0.05, 0.1) is 5.52 Å². The first kappa shape index (κ1) is 5.29. The molecule has 0 saturated heterocycles. The summed E-state index contributed by atoms with van der Waals surface area (Å²) >= 11 is 0. The molecular weight excluding hydrogens is 126 g/mol. The van der Waals surface area contributed by atoms with Crippen LogP contribution in [0.3, 0.4) is 0 Å². The highest BCUT2D eigenvalue weighted by Crippen LogP contribution is 2.16. The van der Waals surface area contributed by atoms with Crippen molar-refractivity contribution in [2.45, 2.75) is 0 Å². The molecule has 3 nitrogen and oxygen atoms in total. The van der Waals surface area contributed by atoms with Crippen molar-refractivity contribution in [2.75, 3.05) is 0 Å². The summed E-state index contributed by atoms with van der Waals surface area (Å²) in [5.41, 5.74) is 8.22. The average molecular weight is 132 g/mol. The van der Waals surface area contributed by atoms with Crippen molar-refractivity contribution in [3.63, 3.8) is 0 Å². The zero-order valence-electron chi connectivity index (χ0n) is 5.26. The van der Waals surface area contributed by atoms with E-state index in [4.69, 9.17) is 5.73 Å². The van der Waals surface area contributed by atoms with Gasteiger partial charge in [-0.15, -0.1) is 0 Å². The van der Waals surface area contributed by atoms with Crippen LogP contribution in [0, 0.1) is 0 Å². The summed E-state index contributed by atoms with van der Waals surface area (Å²) in [5.74, 6) is 0.315. The second-order valence-electron chi connectivity index (χ2n) is 2.12. The van der Waals surface area contributed by atoms with Crippen LogP contribution in [0.4, 0.5) is 5.82 Å². The molecule has 1 radical (unpaired) electrons. The predicted octanol–water partition coefficient (Wildman–Crippen LogP) is 1.48. The molecule has 0 fully saturated rings. The average Bonchev–Trinajstić information content (AvgIpc) is 2.34. The highest BCUT2D eigenvalue weighted by Gasteiger charge is 1.97. The zero-order valence-corrected chi connectivity index (χ0v) is 5.26. The lowest BCUT2D eigenvalue weighted by Gasteiger charge is -1.83. The lowest BCUT2D eigenvalue weighted by Crippen LogP contribution is -1.65. The number of benzene rings is 1. The van der Waals surface area contributed by atoms with Crippen molar-refractivity contribution in [3.05, 3.63) is 24.3 Å². The second-order valence-corrected chi connectivity index (χ2v) is 2.12. The van der Waals surface area contributed by atoms with Gasteiger partial charge in [-0.25, -0.2) is 0 Å². The van der Waals surface area contributed by atoms with E-state index in [2.05, 4.69) is 10.2 Å². The topological polar surface area (TPSA) is 52.5 Å². The summed E-state index contributed by atoms with van der Waals surface area (Å²) in [6.45, 7) is 0. The van der Waals surface area contributed by atoms with Gasteiger partial charge in [0.1, 0.15) is 0 Å². The molecule has 0 unspecified atom stereocenters. The van der Waals surface area contributed by atoms with E-state index in [-0.39, 0.29) is 0 Å². The normalized spacial score (nSPS) is 10.4. The van der Waals surface area contributed by atoms with Gasteiger partial charge >= 0.3 is 0 Å². The molecule has 0 amide bonds. The van der Waals surface area contributed by atoms with E-state index in [1.54, 1.807) is 0 Å². The minimum atomic E-state index is 0.315. The molecule has 0 bridgehead atoms. The van der Waals surface area contributed by atoms with Crippen LogP contribution in [-0.4, -0.2) is 10.2 Å². The van der Waals surface area contributed by atoms with Crippen LogP contribution in [0.15, 0.2) is 24.3 Å². The van der Waals surface area contributed by atoms with Gasteiger partial charge in [-0.05, 0) is 12.1 Å². The fourth-order valence-corrected chi connectivity index (χ4v) is 0.963. The van der Waals surface area contributed by atoms with Crippen molar-refractivity contribution in [3.8, 4) is 0 Å². The van der Waals surface area contributed by atoms with Crippen LogP contribution in [0.25, 0.3) is 10.9 Å². The molecule has 0 aliphatic rings. The number of aromatic amines is 1. The molecule has 49 valence electrons. The molecule has 1 aromatic carbocycles. The summed E-state index contributed by atoms with van der Waals surface area (Å²) in [6, 6.07) is 7.59. The van der Waals surface area contributed by atoms with Crippen LogP contribution in [0.1, 0.15) is 0 Å². The molecule has 0 aliphatic carbocycles. The Kier molecular flexibility index (Phi) is 0.917. The van der Waals surface area contributed by atoms with Crippen molar-refractivity contribution >= 4 is 16.7 Å². The van der Waals surface area contributed by atoms with E-state index in [0.717, 1.165) is 10.9 Å². The van der Waals surface area contributed by atoms with E-state index in [9.17, 15) is 0 Å². The Morgan fingerprint density at radius 3 is 2.90 bits per heavy atom. The molecule has 2 aromatic rings. The van der Waals surface area contributed by atoms with Gasteiger partial charge in [0.2, 0.25) is 0 Å². The number of fused-ring (bicyclic) bond motifs is 1. The Bertz CT molecular complexity index is 350. The summed E-state index contributed by atoms with van der Waals surface area (Å²) < 4.78 is 0. The van der Waals surface area contributed by atoms with E-state index in [1.165, 1.54) is 0 Å². The second kappa shape index (κ2) is 1.73. The summed E-state index contributed by atoms with van der Waals surface area (Å²) in [5, 5.41) is 7.37. The van der Waals surface area contributed by atoms with Gasteiger partial charge in [-0.1, -0.05) is 12.1 Å². The van der Waals surface area contributed by atoms with Crippen LogP contribution in [0.2, 0.25) is 0 Å². The zero-order chi connectivity index (χ0) is 6.97. The number of hydrogen-bond acceptors (Lipinski definition) is 1. The first-order chi connectivity index (χ1) is 4.88. The highest BCUT2D eigenvalue weighted by atomic mass is 15.1. The number of nitrogens with zero attached hydrogens (tertiary/aromatic N) is 1. The minimum Gasteiger partial charge on any atom is -0.281 e. The smallest absolute Gasteiger partial charge is 0.174 e. The molecule has 1 heterocycles. The van der Waals surface area contributed by atoms with E-state index < -0.39 is 0 Å². The van der Waals surface area contributed by atoms with Crippen LogP contribution < -0.4 is 5.73 Å². The molecule has 0 aliphatic heterocycles. The van der Waals surface area contributed by atoms with Gasteiger partial charge in [-0.2, -0.15) is 5.10 Å². The summed E-state index contributed by atoms with van der Waals surface area (Å²) in [4.78, 5) is 0. The number of rotatable bonds is 0. The lowest BCUT2D eigenvalue weighted by molar-refractivity contribution is 1.10. The molecule has 10 heavy (non-hydrogen) atoms. The van der Waals surface area contributed by atoms with Gasteiger partial charge in [-0.3, -0.25) is 10.8 Å². The van der Waals surface area contributed by atoms with Gasteiger partial charge in [0.25, 0.3) is 0 Å². The number of hydrogen-bond donors (Lipinski definition) is 1. The van der Waals surface area contributed by atoms with Crippen LogP contribution in [-0.2, 0) is 0 Å². The van der Waals surface area contributed by atoms with Crippen molar-refractivity contribution in [2.24, 2.45) is 0 Å². The standard InChI is InChI=1S/C7H6N3/c8-7-5-3-1-2-4-6(5)9-10-7/h1-4,8H,(H,9,10). The Morgan fingerprint density at radius 2 is 2.10 bits per heavy atom. The Labute approximate surface area is 57.9 Å². The molecular formula is C7H6N3. The summed E-state index contributed by atoms with van der Waals surface area (Å²) in [6.07, 6.45) is 0. The lowest BCUT2D eigenvalue weighted by atomic mass is 10.2. The first-order valence-corrected chi connectivity index (χ1v) is 3.02. The third kappa shape index (κ3) is 0.572. The number of aromatic nitrogens is 2. The van der Waals surface area contributed by atoms with Crippen molar-refractivity contribution < 1.29 is 0 Å². The Hall–Kier alpha value is -1.51.